The van der Waals surface area contributed by atoms with Crippen LogP contribution in [0.4, 0.5) is 0 Å². The maximum Gasteiger partial charge on any atom is 0.187 e. The zero-order valence-corrected chi connectivity index (χ0v) is 24.9. The van der Waals surface area contributed by atoms with Crippen LogP contribution in [0.3, 0.4) is 0 Å². The van der Waals surface area contributed by atoms with E-state index in [1.807, 2.05) is 0 Å². The van der Waals surface area contributed by atoms with Crippen LogP contribution < -0.4 is 42.5 Å². The molecule has 9 nitrogen and oxygen atoms in total. The highest BCUT2D eigenvalue weighted by molar-refractivity contribution is 5.75. The highest BCUT2D eigenvalue weighted by atomic mass is 27.0. The molecule has 9 rings (SSSR count). The lowest BCUT2D eigenvalue weighted by Gasteiger charge is -2.37. The first-order valence-corrected chi connectivity index (χ1v) is 18.0. The molecule has 0 aromatic carbocycles. The van der Waals surface area contributed by atoms with Crippen molar-refractivity contribution >= 4 is 17.4 Å². The van der Waals surface area contributed by atoms with Crippen molar-refractivity contribution in [2.45, 2.75) is 152 Å². The molecular formula is C32H59AlN8O. The van der Waals surface area contributed by atoms with Crippen LogP contribution in [0.25, 0.3) is 0 Å². The molecule has 0 aromatic rings. The molecule has 9 fully saturated rings. The molecule has 4 aliphatic carbocycles. The first-order valence-electron chi connectivity index (χ1n) is 18.0. The van der Waals surface area contributed by atoms with E-state index in [-0.39, 0.29) is 41.7 Å². The summed E-state index contributed by atoms with van der Waals surface area (Å²) in [5.74, 6) is 4.87. The number of rotatable bonds is 0. The SMILES string of the molecule is OC1CCCC2C3NC4NC(NC5NC(NC6NC(NC(N3)C12)C1CCCCC61)C1CCCCC51)C1CCCCC41.[AlH3]. The molecule has 9 N–H and O–H groups in total. The van der Waals surface area contributed by atoms with Crippen molar-refractivity contribution in [3.8, 4) is 0 Å². The third-order valence-electron chi connectivity index (χ3n) is 13.9. The minimum Gasteiger partial charge on any atom is -0.393 e. The normalized spacial score (nSPS) is 56.9. The summed E-state index contributed by atoms with van der Waals surface area (Å²) in [6.07, 6.45) is 21.7. The number of fused-ring (bicyclic) bond motifs is 20. The minimum absolute atomic E-state index is 0. The lowest BCUT2D eigenvalue weighted by Crippen LogP contribution is -2.62. The molecule has 10 heteroatoms. The van der Waals surface area contributed by atoms with Gasteiger partial charge in [-0.1, -0.05) is 44.9 Å². The first-order chi connectivity index (χ1) is 20.2. The molecule has 9 aliphatic rings. The van der Waals surface area contributed by atoms with E-state index in [0.717, 1.165) is 12.8 Å². The van der Waals surface area contributed by atoms with Gasteiger partial charge >= 0.3 is 0 Å². The van der Waals surface area contributed by atoms with Crippen LogP contribution in [0.1, 0.15) is 96.3 Å². The molecule has 17 atom stereocenters. The number of hydrogen-bond acceptors (Lipinski definition) is 9. The average molecular weight is 599 g/mol. The predicted molar refractivity (Wildman–Crippen MR) is 169 cm³/mol. The standard InChI is InChI=1S/C32H56N8O.Al.3H/c41-23-15-7-14-22-24(23)32-39-30-21-13-6-5-12-20(21)28(37-30)35-26-17-9-2-1-8-16(17)25(33-26)34-27-18-10-3-4-11-19(18)29(36-27)38-31(22)40-32;;;;/h16-41H,1-15H2;;;;. The van der Waals surface area contributed by atoms with Crippen LogP contribution in [-0.2, 0) is 0 Å². The zero-order valence-electron chi connectivity index (χ0n) is 24.9. The van der Waals surface area contributed by atoms with E-state index in [4.69, 9.17) is 0 Å². The summed E-state index contributed by atoms with van der Waals surface area (Å²) >= 11 is 0. The van der Waals surface area contributed by atoms with Crippen LogP contribution in [0.2, 0.25) is 0 Å². The molecule has 5 aliphatic heterocycles. The molecule has 236 valence electrons. The van der Waals surface area contributed by atoms with Crippen LogP contribution in [0, 0.1) is 47.3 Å². The van der Waals surface area contributed by atoms with Crippen molar-refractivity contribution in [1.29, 1.82) is 0 Å². The number of hydrogen-bond donors (Lipinski definition) is 9. The zero-order chi connectivity index (χ0) is 27.1. The molecule has 8 bridgehead atoms. The lowest BCUT2D eigenvalue weighted by molar-refractivity contribution is 0.0244. The number of nitrogens with one attached hydrogen (secondary N) is 8. The van der Waals surface area contributed by atoms with Gasteiger partial charge in [0.25, 0.3) is 0 Å². The van der Waals surface area contributed by atoms with Crippen molar-refractivity contribution in [2.24, 2.45) is 47.3 Å². The van der Waals surface area contributed by atoms with Gasteiger partial charge < -0.3 is 5.11 Å². The summed E-state index contributed by atoms with van der Waals surface area (Å²) < 4.78 is 0. The molecule has 5 heterocycles. The predicted octanol–water partition coefficient (Wildman–Crippen LogP) is 0.393. The molecule has 5 saturated heterocycles. The summed E-state index contributed by atoms with van der Waals surface area (Å²) in [6, 6.07) is 0. The van der Waals surface area contributed by atoms with E-state index < -0.39 is 0 Å². The Morgan fingerprint density at radius 2 is 0.571 bits per heavy atom. The van der Waals surface area contributed by atoms with Gasteiger partial charge in [-0.25, -0.2) is 0 Å². The maximum absolute atomic E-state index is 11.4. The highest BCUT2D eigenvalue weighted by Gasteiger charge is 2.55. The van der Waals surface area contributed by atoms with E-state index in [1.54, 1.807) is 0 Å². The molecule has 4 saturated carbocycles. The molecule has 0 spiro atoms. The summed E-state index contributed by atoms with van der Waals surface area (Å²) in [4.78, 5) is 0. The van der Waals surface area contributed by atoms with Gasteiger partial charge in [0.1, 0.15) is 0 Å². The van der Waals surface area contributed by atoms with E-state index >= 15 is 0 Å². The Morgan fingerprint density at radius 1 is 0.310 bits per heavy atom. The molecule has 0 amide bonds. The topological polar surface area (TPSA) is 116 Å². The minimum atomic E-state index is -0.221. The molecular weight excluding hydrogens is 539 g/mol. The van der Waals surface area contributed by atoms with Gasteiger partial charge in [0.05, 0.1) is 55.4 Å². The number of aliphatic hydroxyl groups is 1. The van der Waals surface area contributed by atoms with Crippen molar-refractivity contribution in [3.05, 3.63) is 0 Å². The summed E-state index contributed by atoms with van der Waals surface area (Å²) in [7, 11) is 0. The summed E-state index contributed by atoms with van der Waals surface area (Å²) in [5, 5.41) is 44.6. The van der Waals surface area contributed by atoms with Crippen molar-refractivity contribution in [3.63, 3.8) is 0 Å². The van der Waals surface area contributed by atoms with Gasteiger partial charge in [-0.2, -0.15) is 0 Å². The fraction of sp³-hybridized carbons (Fsp3) is 1.00. The third-order valence-corrected chi connectivity index (χ3v) is 13.9. The summed E-state index contributed by atoms with van der Waals surface area (Å²) in [5.41, 5.74) is 0. The van der Waals surface area contributed by atoms with E-state index in [2.05, 4.69) is 42.5 Å². The molecule has 42 heavy (non-hydrogen) atoms. The Hall–Kier alpha value is 0.172. The van der Waals surface area contributed by atoms with Crippen molar-refractivity contribution < 1.29 is 5.11 Å². The monoisotopic (exact) mass is 598 g/mol. The van der Waals surface area contributed by atoms with Crippen LogP contribution in [0.5, 0.6) is 0 Å². The van der Waals surface area contributed by atoms with Crippen LogP contribution in [0.15, 0.2) is 0 Å². The van der Waals surface area contributed by atoms with Gasteiger partial charge in [0.15, 0.2) is 17.4 Å². The highest BCUT2D eigenvalue weighted by Crippen LogP contribution is 2.45. The average Bonchev–Trinajstić information content (AvgIpc) is 3.73. The smallest absolute Gasteiger partial charge is 0.187 e. The van der Waals surface area contributed by atoms with Crippen LogP contribution in [-0.4, -0.2) is 77.9 Å². The van der Waals surface area contributed by atoms with Crippen LogP contribution >= 0.6 is 0 Å². The van der Waals surface area contributed by atoms with Gasteiger partial charge in [0, 0.05) is 5.92 Å². The summed E-state index contributed by atoms with van der Waals surface area (Å²) in [6.45, 7) is 0. The Bertz CT molecular complexity index is 959. The maximum atomic E-state index is 11.4. The van der Waals surface area contributed by atoms with Gasteiger partial charge in [-0.15, -0.1) is 0 Å². The van der Waals surface area contributed by atoms with Gasteiger partial charge in [-0.05, 0) is 92.8 Å². The number of aliphatic hydroxyl groups excluding tert-OH is 1. The second-order valence-corrected chi connectivity index (χ2v) is 15.7. The second-order valence-electron chi connectivity index (χ2n) is 15.7. The van der Waals surface area contributed by atoms with E-state index in [0.29, 0.717) is 78.4 Å². The molecule has 0 radical (unpaired) electrons. The molecule has 17 unspecified atom stereocenters. The van der Waals surface area contributed by atoms with E-state index in [1.165, 1.54) is 83.5 Å². The first kappa shape index (κ1) is 29.6. The van der Waals surface area contributed by atoms with E-state index in [9.17, 15) is 5.11 Å². The second kappa shape index (κ2) is 12.1. The fourth-order valence-electron chi connectivity index (χ4n) is 12.0. The Morgan fingerprint density at radius 3 is 0.905 bits per heavy atom. The van der Waals surface area contributed by atoms with Gasteiger partial charge in [0.2, 0.25) is 0 Å². The van der Waals surface area contributed by atoms with Crippen molar-refractivity contribution in [2.75, 3.05) is 0 Å². The van der Waals surface area contributed by atoms with Gasteiger partial charge in [-0.3, -0.25) is 42.5 Å². The Labute approximate surface area is 263 Å². The largest absolute Gasteiger partial charge is 0.393 e. The third kappa shape index (κ3) is 4.99. The lowest BCUT2D eigenvalue weighted by atomic mass is 9.75. The Kier molecular flexibility index (Phi) is 8.50. The van der Waals surface area contributed by atoms with Crippen molar-refractivity contribution in [1.82, 2.24) is 42.5 Å². The fourth-order valence-corrected chi connectivity index (χ4v) is 12.0. The quantitative estimate of drug-likeness (QED) is 0.183. The Balaban J connectivity index is 0.00000267. The molecule has 0 aromatic heterocycles.